The van der Waals surface area contributed by atoms with Crippen molar-refractivity contribution >= 4 is 11.6 Å². The van der Waals surface area contributed by atoms with Crippen LogP contribution in [-0.2, 0) is 0 Å². The van der Waals surface area contributed by atoms with Crippen molar-refractivity contribution in [2.24, 2.45) is 5.73 Å². The van der Waals surface area contributed by atoms with E-state index in [9.17, 15) is 4.39 Å². The van der Waals surface area contributed by atoms with E-state index in [0.717, 1.165) is 0 Å². The van der Waals surface area contributed by atoms with Gasteiger partial charge in [-0.25, -0.2) is 4.39 Å². The lowest BCUT2D eigenvalue weighted by Gasteiger charge is -2.25. The fourth-order valence-corrected chi connectivity index (χ4v) is 1.05. The number of nitrogens with two attached hydrogens (primary N) is 1. The summed E-state index contributed by atoms with van der Waals surface area (Å²) < 4.78 is 18.3. The fraction of sp³-hybridized carbons (Fsp3) is 0.400. The van der Waals surface area contributed by atoms with E-state index in [1.165, 1.54) is 18.2 Å². The summed E-state index contributed by atoms with van der Waals surface area (Å²) in [4.78, 5) is 0. The second-order valence-electron chi connectivity index (χ2n) is 3.64. The first kappa shape index (κ1) is 11.3. The summed E-state index contributed by atoms with van der Waals surface area (Å²) in [5.74, 6) is -0.0562. The Hall–Kier alpha value is -0.800. The molecule has 14 heavy (non-hydrogen) atoms. The van der Waals surface area contributed by atoms with Crippen molar-refractivity contribution in [2.75, 3.05) is 6.54 Å². The summed E-state index contributed by atoms with van der Waals surface area (Å²) in [5, 5.41) is 0.382. The Balaban J connectivity index is 2.91. The van der Waals surface area contributed by atoms with Crippen LogP contribution in [0.4, 0.5) is 4.39 Å². The number of rotatable bonds is 3. The summed E-state index contributed by atoms with van der Waals surface area (Å²) in [6.45, 7) is 3.96. The lowest BCUT2D eigenvalue weighted by atomic mass is 10.1. The molecule has 1 rings (SSSR count). The fourth-order valence-electron chi connectivity index (χ4n) is 0.895. The van der Waals surface area contributed by atoms with Crippen LogP contribution in [0.5, 0.6) is 5.75 Å². The Labute approximate surface area is 87.8 Å². The maximum Gasteiger partial charge on any atom is 0.141 e. The SMILES string of the molecule is CC(C)(CN)Oc1cc(F)ccc1Cl. The lowest BCUT2D eigenvalue weighted by Crippen LogP contribution is -2.37. The Morgan fingerprint density at radius 1 is 1.50 bits per heavy atom. The van der Waals surface area contributed by atoms with Crippen LogP contribution in [0.1, 0.15) is 13.8 Å². The number of hydrogen-bond acceptors (Lipinski definition) is 2. The van der Waals surface area contributed by atoms with E-state index >= 15 is 0 Å². The lowest BCUT2D eigenvalue weighted by molar-refractivity contribution is 0.118. The van der Waals surface area contributed by atoms with E-state index in [1.807, 2.05) is 13.8 Å². The van der Waals surface area contributed by atoms with Crippen molar-refractivity contribution in [3.05, 3.63) is 29.0 Å². The zero-order valence-electron chi connectivity index (χ0n) is 8.18. The number of halogens is 2. The number of ether oxygens (including phenoxy) is 1. The first-order valence-corrected chi connectivity index (χ1v) is 4.66. The maximum atomic E-state index is 12.9. The van der Waals surface area contributed by atoms with E-state index in [1.54, 1.807) is 0 Å². The highest BCUT2D eigenvalue weighted by atomic mass is 35.5. The first-order chi connectivity index (χ1) is 6.44. The number of benzene rings is 1. The molecule has 0 atom stereocenters. The molecule has 0 fully saturated rings. The molecule has 78 valence electrons. The summed E-state index contributed by atoms with van der Waals surface area (Å²) in [6.07, 6.45) is 0. The van der Waals surface area contributed by atoms with Gasteiger partial charge in [0.2, 0.25) is 0 Å². The normalized spacial score (nSPS) is 11.5. The van der Waals surface area contributed by atoms with Crippen molar-refractivity contribution in [3.63, 3.8) is 0 Å². The van der Waals surface area contributed by atoms with Gasteiger partial charge in [-0.05, 0) is 26.0 Å². The summed E-state index contributed by atoms with van der Waals surface area (Å²) in [5.41, 5.74) is 4.94. The van der Waals surface area contributed by atoms with Gasteiger partial charge >= 0.3 is 0 Å². The van der Waals surface area contributed by atoms with Gasteiger partial charge in [0.05, 0.1) is 5.02 Å². The molecule has 0 radical (unpaired) electrons. The topological polar surface area (TPSA) is 35.2 Å². The molecule has 0 heterocycles. The standard InChI is InChI=1S/C10H13ClFNO/c1-10(2,6-13)14-9-5-7(12)3-4-8(9)11/h3-5H,6,13H2,1-2H3. The largest absolute Gasteiger partial charge is 0.485 e. The molecule has 0 aliphatic rings. The Kier molecular flexibility index (Phi) is 3.34. The van der Waals surface area contributed by atoms with Gasteiger partial charge in [-0.1, -0.05) is 11.6 Å². The van der Waals surface area contributed by atoms with Gasteiger partial charge in [-0.2, -0.15) is 0 Å². The zero-order valence-corrected chi connectivity index (χ0v) is 8.94. The highest BCUT2D eigenvalue weighted by Gasteiger charge is 2.19. The molecule has 0 aliphatic carbocycles. The van der Waals surface area contributed by atoms with Crippen LogP contribution < -0.4 is 10.5 Å². The molecule has 0 aromatic heterocycles. The van der Waals surface area contributed by atoms with Crippen LogP contribution in [-0.4, -0.2) is 12.1 Å². The third kappa shape index (κ3) is 2.86. The van der Waals surface area contributed by atoms with Gasteiger partial charge in [0.25, 0.3) is 0 Å². The molecule has 1 aromatic rings. The van der Waals surface area contributed by atoms with Gasteiger partial charge in [0.15, 0.2) is 0 Å². The minimum Gasteiger partial charge on any atom is -0.485 e. The molecule has 0 unspecified atom stereocenters. The molecular formula is C10H13ClFNO. The summed E-state index contributed by atoms with van der Waals surface area (Å²) in [6, 6.07) is 3.99. The smallest absolute Gasteiger partial charge is 0.141 e. The summed E-state index contributed by atoms with van der Waals surface area (Å²) >= 11 is 5.83. The van der Waals surface area contributed by atoms with Crippen molar-refractivity contribution < 1.29 is 9.13 Å². The second kappa shape index (κ2) is 4.15. The molecule has 0 aliphatic heterocycles. The average Bonchev–Trinajstić information content (AvgIpc) is 2.11. The molecule has 0 spiro atoms. The van der Waals surface area contributed by atoms with Gasteiger partial charge < -0.3 is 10.5 Å². The van der Waals surface area contributed by atoms with Gasteiger partial charge in [0.1, 0.15) is 17.2 Å². The van der Waals surface area contributed by atoms with E-state index in [-0.39, 0.29) is 5.82 Å². The predicted molar refractivity (Wildman–Crippen MR) is 55.2 cm³/mol. The first-order valence-electron chi connectivity index (χ1n) is 4.29. The molecule has 0 bridgehead atoms. The van der Waals surface area contributed by atoms with Gasteiger partial charge in [-0.3, -0.25) is 0 Å². The third-order valence-electron chi connectivity index (χ3n) is 1.77. The second-order valence-corrected chi connectivity index (χ2v) is 4.05. The molecule has 0 saturated carbocycles. The van der Waals surface area contributed by atoms with Gasteiger partial charge in [-0.15, -0.1) is 0 Å². The minimum absolute atomic E-state index is 0.321. The molecular weight excluding hydrogens is 205 g/mol. The number of hydrogen-bond donors (Lipinski definition) is 1. The van der Waals surface area contributed by atoms with Crippen LogP contribution in [0, 0.1) is 5.82 Å². The quantitative estimate of drug-likeness (QED) is 0.845. The summed E-state index contributed by atoms with van der Waals surface area (Å²) in [7, 11) is 0. The van der Waals surface area contributed by atoms with E-state index in [0.29, 0.717) is 17.3 Å². The van der Waals surface area contributed by atoms with Crippen molar-refractivity contribution in [1.29, 1.82) is 0 Å². The monoisotopic (exact) mass is 217 g/mol. The Morgan fingerprint density at radius 2 is 2.14 bits per heavy atom. The van der Waals surface area contributed by atoms with Crippen LogP contribution >= 0.6 is 11.6 Å². The van der Waals surface area contributed by atoms with Crippen molar-refractivity contribution in [2.45, 2.75) is 19.4 Å². The predicted octanol–water partition coefficient (Wildman–Crippen LogP) is 2.60. The molecule has 0 saturated heterocycles. The molecule has 2 N–H and O–H groups in total. The average molecular weight is 218 g/mol. The third-order valence-corrected chi connectivity index (χ3v) is 2.08. The highest BCUT2D eigenvalue weighted by Crippen LogP contribution is 2.28. The van der Waals surface area contributed by atoms with E-state index in [2.05, 4.69) is 0 Å². The van der Waals surface area contributed by atoms with Crippen molar-refractivity contribution in [1.82, 2.24) is 0 Å². The van der Waals surface area contributed by atoms with Crippen LogP contribution in [0.25, 0.3) is 0 Å². The minimum atomic E-state index is -0.544. The van der Waals surface area contributed by atoms with Crippen LogP contribution in [0.3, 0.4) is 0 Å². The van der Waals surface area contributed by atoms with Gasteiger partial charge in [0, 0.05) is 12.6 Å². The molecule has 4 heteroatoms. The zero-order chi connectivity index (χ0) is 10.8. The van der Waals surface area contributed by atoms with E-state index < -0.39 is 5.60 Å². The highest BCUT2D eigenvalue weighted by molar-refractivity contribution is 6.32. The molecule has 1 aromatic carbocycles. The maximum absolute atomic E-state index is 12.9. The van der Waals surface area contributed by atoms with Crippen LogP contribution in [0.15, 0.2) is 18.2 Å². The molecule has 0 amide bonds. The van der Waals surface area contributed by atoms with E-state index in [4.69, 9.17) is 22.1 Å². The van der Waals surface area contributed by atoms with Crippen molar-refractivity contribution in [3.8, 4) is 5.75 Å². The molecule has 2 nitrogen and oxygen atoms in total. The Bertz CT molecular complexity index is 328. The Morgan fingerprint density at radius 3 is 2.71 bits per heavy atom. The van der Waals surface area contributed by atoms with Crippen LogP contribution in [0.2, 0.25) is 5.02 Å².